The van der Waals surface area contributed by atoms with Crippen molar-refractivity contribution in [1.82, 2.24) is 21.6 Å². The first kappa shape index (κ1) is 57.6. The average molecular weight is 1070 g/mol. The number of nitrogens with zero attached hydrogens (tertiary/aromatic N) is 2. The third kappa shape index (κ3) is 21.3. The van der Waals surface area contributed by atoms with Gasteiger partial charge in [0.2, 0.25) is 13.1 Å². The number of hydrogen-bond acceptors (Lipinski definition) is 11. The number of amides is 7. The van der Waals surface area contributed by atoms with Crippen molar-refractivity contribution in [3.63, 3.8) is 0 Å². The average Bonchev–Trinajstić information content (AvgIpc) is 3.42. The fourth-order valence-corrected chi connectivity index (χ4v) is 8.97. The molecule has 0 saturated carbocycles. The number of nitrogens with one attached hydrogen (secondary N) is 10. The number of pyridine rings is 2. The van der Waals surface area contributed by atoms with E-state index in [0.717, 1.165) is 53.9 Å². The molecular weight excluding hydrogens is 1000 g/mol. The maximum absolute atomic E-state index is 12.9. The summed E-state index contributed by atoms with van der Waals surface area (Å²) in [7, 11) is 0. The molecule has 76 heavy (non-hydrogen) atoms. The summed E-state index contributed by atoms with van der Waals surface area (Å²) in [6.45, 7) is 10.3. The van der Waals surface area contributed by atoms with Crippen LogP contribution >= 0.6 is 23.5 Å². The van der Waals surface area contributed by atoms with Crippen LogP contribution in [0.25, 0.3) is 0 Å². The number of anilines is 6. The standard InChI is InChI=1S/C56H68N12O6S2/c1-5-40(3)75-50-27-23-46(24-28-50)61-55(72)59-44-15-19-48(20-16-44)63-65-52(69)37-67-33-11-13-42(35-67)39-74-58-32-10-8-7-9-31-57-54(71)43-14-12-34-68(36-43)38-53(70)66-64-49-21-17-45(18-22-49)60-56(73)62-47-25-29-51(30-26-47)76-41(4)6-2/h11-30,33-36,40-41,58,63-64H,5-10,31-32,37-39H2,1-4H3,(H5-2,57,59,60,61,62,65,66,69,70,71,72,73)/p+2. The number of urea groups is 2. The number of hydroxylamine groups is 1. The number of aromatic nitrogens is 2. The minimum atomic E-state index is -0.363. The van der Waals surface area contributed by atoms with Gasteiger partial charge in [-0.2, -0.15) is 9.13 Å². The van der Waals surface area contributed by atoms with E-state index in [9.17, 15) is 24.0 Å². The second kappa shape index (κ2) is 31.3. The number of hydrazine groups is 2. The molecule has 400 valence electrons. The molecule has 0 aliphatic rings. The van der Waals surface area contributed by atoms with Crippen LogP contribution in [0.15, 0.2) is 156 Å². The monoisotopic (exact) mass is 1070 g/mol. The van der Waals surface area contributed by atoms with Crippen LogP contribution in [0.3, 0.4) is 0 Å². The molecule has 6 aromatic rings. The van der Waals surface area contributed by atoms with Crippen LogP contribution in [0.4, 0.5) is 43.7 Å². The minimum absolute atomic E-state index is 0.0115. The highest BCUT2D eigenvalue weighted by atomic mass is 32.2. The van der Waals surface area contributed by atoms with Crippen molar-refractivity contribution in [2.24, 2.45) is 0 Å². The molecular formula is C56H70N12O6S2+2. The van der Waals surface area contributed by atoms with E-state index in [1.807, 2.05) is 73.1 Å². The third-order valence-corrected chi connectivity index (χ3v) is 14.1. The van der Waals surface area contributed by atoms with Crippen LogP contribution in [-0.2, 0) is 34.1 Å². The van der Waals surface area contributed by atoms with Gasteiger partial charge in [-0.05, 0) is 135 Å². The van der Waals surface area contributed by atoms with Crippen LogP contribution < -0.4 is 62.9 Å². The SMILES string of the molecule is CCC(C)Sc1ccc(NC(=O)Nc2ccc(NNC(=O)C[n+]3cccc(CONCCCCCCNC(=O)c4ccc[n+](CC(=O)NNc5ccc(NC(=O)Nc6ccc(SC(C)CC)cc6)cc5)c4)c3)cc2)cc1. The molecule has 2 heterocycles. The normalized spacial score (nSPS) is 11.6. The van der Waals surface area contributed by atoms with E-state index in [1.54, 1.807) is 106 Å². The van der Waals surface area contributed by atoms with E-state index in [4.69, 9.17) is 4.84 Å². The molecule has 10 N–H and O–H groups in total. The number of benzene rings is 4. The Hall–Kier alpha value is -7.65. The summed E-state index contributed by atoms with van der Waals surface area (Å²) >= 11 is 3.60. The molecule has 0 saturated heterocycles. The highest BCUT2D eigenvalue weighted by Gasteiger charge is 2.15. The van der Waals surface area contributed by atoms with Crippen LogP contribution in [0.1, 0.15) is 82.1 Å². The Kier molecular flexibility index (Phi) is 23.7. The Morgan fingerprint density at radius 3 is 1.41 bits per heavy atom. The van der Waals surface area contributed by atoms with Gasteiger partial charge in [-0.3, -0.25) is 40.9 Å². The minimum Gasteiger partial charge on any atom is -0.352 e. The van der Waals surface area contributed by atoms with E-state index in [2.05, 4.69) is 81.5 Å². The summed E-state index contributed by atoms with van der Waals surface area (Å²) in [5, 5.41) is 15.3. The smallest absolute Gasteiger partial charge is 0.323 e. The lowest BCUT2D eigenvalue weighted by Gasteiger charge is -2.11. The summed E-state index contributed by atoms with van der Waals surface area (Å²) in [5.41, 5.74) is 19.4. The second-order valence-electron chi connectivity index (χ2n) is 17.9. The van der Waals surface area contributed by atoms with E-state index < -0.39 is 0 Å². The highest BCUT2D eigenvalue weighted by molar-refractivity contribution is 8.00. The van der Waals surface area contributed by atoms with Crippen LogP contribution in [0.2, 0.25) is 0 Å². The Morgan fingerprint density at radius 1 is 0.513 bits per heavy atom. The van der Waals surface area contributed by atoms with Crippen molar-refractivity contribution in [3.05, 3.63) is 157 Å². The summed E-state index contributed by atoms with van der Waals surface area (Å²) in [6.07, 6.45) is 12.8. The predicted molar refractivity (Wildman–Crippen MR) is 303 cm³/mol. The van der Waals surface area contributed by atoms with Crippen molar-refractivity contribution >= 4 is 87.4 Å². The zero-order valence-electron chi connectivity index (χ0n) is 43.4. The van der Waals surface area contributed by atoms with Crippen molar-refractivity contribution in [1.29, 1.82) is 0 Å². The van der Waals surface area contributed by atoms with Gasteiger partial charge < -0.3 is 26.6 Å². The highest BCUT2D eigenvalue weighted by Crippen LogP contribution is 2.27. The summed E-state index contributed by atoms with van der Waals surface area (Å²) < 4.78 is 3.41. The van der Waals surface area contributed by atoms with Gasteiger partial charge in [0.15, 0.2) is 24.8 Å². The van der Waals surface area contributed by atoms with Gasteiger partial charge in [-0.25, -0.2) is 15.1 Å². The quantitative estimate of drug-likeness (QED) is 0.00922. The van der Waals surface area contributed by atoms with Crippen molar-refractivity contribution in [3.8, 4) is 0 Å². The van der Waals surface area contributed by atoms with Crippen molar-refractivity contribution in [2.45, 2.75) is 106 Å². The lowest BCUT2D eigenvalue weighted by molar-refractivity contribution is -0.685. The molecule has 0 aliphatic carbocycles. The molecule has 20 heteroatoms. The first-order chi connectivity index (χ1) is 36.9. The van der Waals surface area contributed by atoms with Crippen molar-refractivity contribution in [2.75, 3.05) is 45.2 Å². The summed E-state index contributed by atoms with van der Waals surface area (Å²) in [4.78, 5) is 71.4. The molecule has 4 aromatic carbocycles. The van der Waals surface area contributed by atoms with Gasteiger partial charge in [0.25, 0.3) is 5.91 Å². The van der Waals surface area contributed by atoms with Gasteiger partial charge in [-0.1, -0.05) is 40.5 Å². The first-order valence-electron chi connectivity index (χ1n) is 25.5. The predicted octanol–water partition coefficient (Wildman–Crippen LogP) is 9.63. The van der Waals surface area contributed by atoms with Crippen LogP contribution in [-0.4, -0.2) is 53.4 Å². The lowest BCUT2D eigenvalue weighted by atomic mass is 10.2. The number of carbonyl (C=O) groups excluding carboxylic acids is 5. The number of thioether (sulfide) groups is 2. The van der Waals surface area contributed by atoms with Gasteiger partial charge in [0, 0.05) is 73.8 Å². The Morgan fingerprint density at radius 2 is 0.934 bits per heavy atom. The molecule has 0 spiro atoms. The first-order valence-corrected chi connectivity index (χ1v) is 27.2. The Bertz CT molecular complexity index is 2790. The molecule has 6 rings (SSSR count). The van der Waals surface area contributed by atoms with E-state index in [1.165, 1.54) is 0 Å². The number of hydrogen-bond donors (Lipinski definition) is 10. The molecule has 2 aromatic heterocycles. The van der Waals surface area contributed by atoms with E-state index >= 15 is 0 Å². The molecule has 2 unspecified atom stereocenters. The Labute approximate surface area is 453 Å². The Balaban J connectivity index is 0.771. The maximum Gasteiger partial charge on any atom is 0.323 e. The summed E-state index contributed by atoms with van der Waals surface area (Å²) in [5.74, 6) is -0.777. The summed E-state index contributed by atoms with van der Waals surface area (Å²) in [6, 6.07) is 35.9. The van der Waals surface area contributed by atoms with Gasteiger partial charge in [0.1, 0.15) is 5.56 Å². The zero-order valence-corrected chi connectivity index (χ0v) is 45.1. The van der Waals surface area contributed by atoms with Crippen molar-refractivity contribution < 1.29 is 37.9 Å². The fraction of sp³-hybridized carbons (Fsp3) is 0.304. The van der Waals surface area contributed by atoms with Gasteiger partial charge >= 0.3 is 23.9 Å². The molecule has 18 nitrogen and oxygen atoms in total. The maximum atomic E-state index is 12.9. The topological polar surface area (TPSA) is 223 Å². The molecule has 0 fully saturated rings. The van der Waals surface area contributed by atoms with Crippen LogP contribution in [0, 0.1) is 0 Å². The largest absolute Gasteiger partial charge is 0.352 e. The van der Waals surface area contributed by atoms with Gasteiger partial charge in [-0.15, -0.1) is 23.5 Å². The van der Waals surface area contributed by atoms with Gasteiger partial charge in [0.05, 0.1) is 18.0 Å². The zero-order chi connectivity index (χ0) is 53.9. The number of unbranched alkanes of at least 4 members (excludes halogenated alkanes) is 3. The van der Waals surface area contributed by atoms with E-state index in [-0.39, 0.29) is 42.9 Å². The van der Waals surface area contributed by atoms with Crippen LogP contribution in [0.5, 0.6) is 0 Å². The number of carbonyl (C=O) groups is 5. The molecule has 0 bridgehead atoms. The third-order valence-electron chi connectivity index (χ3n) is 11.6. The lowest BCUT2D eigenvalue weighted by Crippen LogP contribution is -2.44. The molecule has 2 atom stereocenters. The second-order valence-corrected chi connectivity index (χ2v) is 20.9. The molecule has 0 radical (unpaired) electrons. The van der Waals surface area contributed by atoms with E-state index in [0.29, 0.717) is 69.9 Å². The molecule has 0 aliphatic heterocycles. The number of rotatable bonds is 29. The fourth-order valence-electron chi connectivity index (χ4n) is 7.12. The molecule has 7 amide bonds.